The number of likely N-dealkylation sites (tertiary alicyclic amines) is 1. The molecule has 0 saturated carbocycles. The number of amides is 1. The number of β-amino-alcohol motifs (C(OH)–C–C–N with tert-alkyl or cyclic N) is 1. The lowest BCUT2D eigenvalue weighted by atomic mass is 9.93. The van der Waals surface area contributed by atoms with E-state index in [0.717, 1.165) is 18.4 Å². The summed E-state index contributed by atoms with van der Waals surface area (Å²) in [5.41, 5.74) is 2.18. The molecule has 3 atom stereocenters. The molecule has 2 aliphatic rings. The maximum absolute atomic E-state index is 12.7. The third-order valence-electron chi connectivity index (χ3n) is 4.45. The smallest absolute Gasteiger partial charge is 0.256 e. The molecule has 1 saturated heterocycles. The number of carbonyl (C=O) groups is 1. The van der Waals surface area contributed by atoms with Gasteiger partial charge in [-0.05, 0) is 29.9 Å². The molecule has 1 amide bonds. The quantitative estimate of drug-likeness (QED) is 0.845. The van der Waals surface area contributed by atoms with E-state index in [9.17, 15) is 9.90 Å². The summed E-state index contributed by atoms with van der Waals surface area (Å²) in [5.74, 6) is 0.252. The molecule has 3 unspecified atom stereocenters. The second-order valence-electron chi connectivity index (χ2n) is 5.82. The molecule has 1 N–H and O–H groups in total. The van der Waals surface area contributed by atoms with Crippen molar-refractivity contribution in [2.24, 2.45) is 5.92 Å². The number of hydrogen-bond donors (Lipinski definition) is 1. The van der Waals surface area contributed by atoms with Gasteiger partial charge in [-0.15, -0.1) is 0 Å². The largest absolute Gasteiger partial charge is 0.391 e. The molecule has 1 fully saturated rings. The van der Waals surface area contributed by atoms with Crippen molar-refractivity contribution in [1.29, 1.82) is 0 Å². The van der Waals surface area contributed by atoms with Gasteiger partial charge in [0, 0.05) is 13.1 Å². The van der Waals surface area contributed by atoms with E-state index in [2.05, 4.69) is 6.07 Å². The van der Waals surface area contributed by atoms with Crippen LogP contribution in [0.15, 0.2) is 24.3 Å². The van der Waals surface area contributed by atoms with Crippen LogP contribution < -0.4 is 0 Å². The van der Waals surface area contributed by atoms with Crippen LogP contribution in [0, 0.1) is 5.92 Å². The first-order chi connectivity index (χ1) is 9.66. The zero-order valence-corrected chi connectivity index (χ0v) is 11.8. The molecule has 4 heteroatoms. The lowest BCUT2D eigenvalue weighted by Crippen LogP contribution is -2.48. The topological polar surface area (TPSA) is 49.8 Å². The lowest BCUT2D eigenvalue weighted by Gasteiger charge is -2.37. The first-order valence-electron chi connectivity index (χ1n) is 7.33. The summed E-state index contributed by atoms with van der Waals surface area (Å²) >= 11 is 0. The number of fused-ring (bicyclic) bond motifs is 1. The monoisotopic (exact) mass is 275 g/mol. The molecule has 108 valence electrons. The second-order valence-corrected chi connectivity index (χ2v) is 5.82. The standard InChI is InChI=1S/C16H21NO3/c1-11-6-8-17(10-14(11)18)16(19)15-13-5-3-2-4-12(13)7-9-20-15/h2-5,11,14-15,18H,6-10H2,1H3. The van der Waals surface area contributed by atoms with Gasteiger partial charge in [-0.1, -0.05) is 31.2 Å². The third kappa shape index (κ3) is 2.45. The molecule has 2 heterocycles. The van der Waals surface area contributed by atoms with Crippen LogP contribution in [0.4, 0.5) is 0 Å². The summed E-state index contributed by atoms with van der Waals surface area (Å²) in [6.45, 7) is 3.74. The summed E-state index contributed by atoms with van der Waals surface area (Å²) in [4.78, 5) is 14.4. The van der Waals surface area contributed by atoms with Crippen LogP contribution in [0.2, 0.25) is 0 Å². The number of ether oxygens (including phenoxy) is 1. The SMILES string of the molecule is CC1CCN(C(=O)C2OCCc3ccccc32)CC1O. The van der Waals surface area contributed by atoms with Crippen LogP contribution in [-0.4, -0.2) is 41.7 Å². The Morgan fingerprint density at radius 1 is 1.40 bits per heavy atom. The number of hydrogen-bond acceptors (Lipinski definition) is 3. The molecule has 2 aliphatic heterocycles. The summed E-state index contributed by atoms with van der Waals surface area (Å²) in [6, 6.07) is 7.98. The van der Waals surface area contributed by atoms with Crippen LogP contribution in [0.1, 0.15) is 30.6 Å². The molecule has 20 heavy (non-hydrogen) atoms. The number of nitrogens with zero attached hydrogens (tertiary/aromatic N) is 1. The van der Waals surface area contributed by atoms with Gasteiger partial charge in [-0.25, -0.2) is 0 Å². The molecule has 1 aromatic rings. The Kier molecular flexibility index (Phi) is 3.76. The number of benzene rings is 1. The molecule has 0 radical (unpaired) electrons. The van der Waals surface area contributed by atoms with Crippen LogP contribution in [0.5, 0.6) is 0 Å². The van der Waals surface area contributed by atoms with E-state index in [1.54, 1.807) is 4.90 Å². The first-order valence-corrected chi connectivity index (χ1v) is 7.33. The van der Waals surface area contributed by atoms with Gasteiger partial charge in [0.1, 0.15) is 0 Å². The summed E-state index contributed by atoms with van der Waals surface area (Å²) in [6.07, 6.45) is 0.785. The normalized spacial score (nSPS) is 29.9. The maximum atomic E-state index is 12.7. The van der Waals surface area contributed by atoms with Gasteiger partial charge in [-0.2, -0.15) is 0 Å². The highest BCUT2D eigenvalue weighted by Crippen LogP contribution is 2.30. The van der Waals surface area contributed by atoms with Crippen LogP contribution in [-0.2, 0) is 16.0 Å². The molecular weight excluding hydrogens is 254 g/mol. The van der Waals surface area contributed by atoms with Crippen molar-refractivity contribution in [2.75, 3.05) is 19.7 Å². The van der Waals surface area contributed by atoms with Gasteiger partial charge in [0.05, 0.1) is 12.7 Å². The minimum absolute atomic E-state index is 0.0110. The lowest BCUT2D eigenvalue weighted by molar-refractivity contribution is -0.149. The first kappa shape index (κ1) is 13.6. The zero-order chi connectivity index (χ0) is 14.1. The Labute approximate surface area is 119 Å². The van der Waals surface area contributed by atoms with E-state index in [0.29, 0.717) is 19.7 Å². The van der Waals surface area contributed by atoms with Crippen molar-refractivity contribution in [2.45, 2.75) is 32.0 Å². The number of piperidine rings is 1. The van der Waals surface area contributed by atoms with Gasteiger partial charge >= 0.3 is 0 Å². The van der Waals surface area contributed by atoms with Crippen molar-refractivity contribution in [3.8, 4) is 0 Å². The summed E-state index contributed by atoms with van der Waals surface area (Å²) in [5, 5.41) is 9.96. The van der Waals surface area contributed by atoms with Gasteiger partial charge in [0.15, 0.2) is 6.10 Å². The zero-order valence-electron chi connectivity index (χ0n) is 11.8. The van der Waals surface area contributed by atoms with E-state index in [1.165, 1.54) is 5.56 Å². The summed E-state index contributed by atoms with van der Waals surface area (Å²) < 4.78 is 5.71. The Hall–Kier alpha value is -1.39. The average molecular weight is 275 g/mol. The molecular formula is C16H21NO3. The predicted molar refractivity (Wildman–Crippen MR) is 75.2 cm³/mol. The number of aliphatic hydroxyl groups excluding tert-OH is 1. The third-order valence-corrected chi connectivity index (χ3v) is 4.45. The molecule has 0 spiro atoms. The predicted octanol–water partition coefficient (Wildman–Crippen LogP) is 1.53. The highest BCUT2D eigenvalue weighted by Gasteiger charge is 2.34. The van der Waals surface area contributed by atoms with Crippen molar-refractivity contribution < 1.29 is 14.6 Å². The maximum Gasteiger partial charge on any atom is 0.256 e. The molecule has 0 aromatic heterocycles. The second kappa shape index (κ2) is 5.54. The fraction of sp³-hybridized carbons (Fsp3) is 0.562. The van der Waals surface area contributed by atoms with Crippen LogP contribution >= 0.6 is 0 Å². The van der Waals surface area contributed by atoms with Crippen molar-refractivity contribution >= 4 is 5.91 Å². The van der Waals surface area contributed by atoms with Gasteiger partial charge in [0.2, 0.25) is 0 Å². The van der Waals surface area contributed by atoms with E-state index in [4.69, 9.17) is 4.74 Å². The van der Waals surface area contributed by atoms with E-state index in [1.807, 2.05) is 25.1 Å². The van der Waals surface area contributed by atoms with E-state index < -0.39 is 12.2 Å². The number of rotatable bonds is 1. The molecule has 3 rings (SSSR count). The fourth-order valence-corrected chi connectivity index (χ4v) is 3.01. The molecule has 0 aliphatic carbocycles. The summed E-state index contributed by atoms with van der Waals surface area (Å²) in [7, 11) is 0. The van der Waals surface area contributed by atoms with Gasteiger partial charge < -0.3 is 14.7 Å². The number of aliphatic hydroxyl groups is 1. The average Bonchev–Trinajstić information content (AvgIpc) is 2.49. The minimum atomic E-state index is -0.499. The van der Waals surface area contributed by atoms with Crippen LogP contribution in [0.3, 0.4) is 0 Å². The Bertz CT molecular complexity index is 502. The number of carbonyl (C=O) groups excluding carboxylic acids is 1. The van der Waals surface area contributed by atoms with Gasteiger partial charge in [-0.3, -0.25) is 4.79 Å². The fourth-order valence-electron chi connectivity index (χ4n) is 3.01. The van der Waals surface area contributed by atoms with Crippen molar-refractivity contribution in [1.82, 2.24) is 4.90 Å². The highest BCUT2D eigenvalue weighted by molar-refractivity contribution is 5.83. The Balaban J connectivity index is 1.78. The van der Waals surface area contributed by atoms with Crippen LogP contribution in [0.25, 0.3) is 0 Å². The highest BCUT2D eigenvalue weighted by atomic mass is 16.5. The van der Waals surface area contributed by atoms with E-state index in [-0.39, 0.29) is 11.8 Å². The molecule has 4 nitrogen and oxygen atoms in total. The van der Waals surface area contributed by atoms with Crippen molar-refractivity contribution in [3.63, 3.8) is 0 Å². The molecule has 1 aromatic carbocycles. The molecule has 0 bridgehead atoms. The minimum Gasteiger partial charge on any atom is -0.391 e. The van der Waals surface area contributed by atoms with E-state index >= 15 is 0 Å². The Morgan fingerprint density at radius 3 is 3.00 bits per heavy atom. The van der Waals surface area contributed by atoms with Gasteiger partial charge in [0.25, 0.3) is 5.91 Å². The Morgan fingerprint density at radius 2 is 2.20 bits per heavy atom. The van der Waals surface area contributed by atoms with Crippen molar-refractivity contribution in [3.05, 3.63) is 35.4 Å².